The summed E-state index contributed by atoms with van der Waals surface area (Å²) < 4.78 is 6.70. The molecule has 0 spiro atoms. The van der Waals surface area contributed by atoms with Crippen LogP contribution in [0.1, 0.15) is 31.7 Å². The van der Waals surface area contributed by atoms with Gasteiger partial charge < -0.3 is 0 Å². The van der Waals surface area contributed by atoms with Gasteiger partial charge in [0.15, 0.2) is 0 Å². The van der Waals surface area contributed by atoms with Gasteiger partial charge in [-0.05, 0) is 0 Å². The van der Waals surface area contributed by atoms with Gasteiger partial charge in [0.2, 0.25) is 0 Å². The third-order valence-corrected chi connectivity index (χ3v) is 9.07. The molecule has 0 bridgehead atoms. The van der Waals surface area contributed by atoms with Crippen molar-refractivity contribution in [1.29, 1.82) is 0 Å². The van der Waals surface area contributed by atoms with E-state index in [1.165, 1.54) is 35.5 Å². The molecular formula is C24H26O2Se. The molecule has 0 aliphatic heterocycles. The summed E-state index contributed by atoms with van der Waals surface area (Å²) >= 11 is 0.403. The summed E-state index contributed by atoms with van der Waals surface area (Å²) in [6, 6.07) is 21.5. The third-order valence-electron chi connectivity index (χ3n) is 6.19. The number of benzene rings is 2. The van der Waals surface area contributed by atoms with Crippen molar-refractivity contribution >= 4 is 31.0 Å². The molecule has 2 nitrogen and oxygen atoms in total. The zero-order chi connectivity index (χ0) is 18.9. The molecule has 3 heteroatoms. The van der Waals surface area contributed by atoms with Crippen LogP contribution in [0.2, 0.25) is 4.82 Å². The number of rotatable bonds is 4. The predicted octanol–water partition coefficient (Wildman–Crippen LogP) is 4.50. The summed E-state index contributed by atoms with van der Waals surface area (Å²) in [7, 11) is 1.52. The maximum absolute atomic E-state index is 12.8. The normalized spacial score (nSPS) is 29.7. The SMILES string of the molecule is COC(=O)C1(C)C=C(c2ccccc2)C2C([Se]c3ccccc3)CCCC21. The Morgan fingerprint density at radius 2 is 1.70 bits per heavy atom. The number of ether oxygens (including phenoxy) is 1. The summed E-state index contributed by atoms with van der Waals surface area (Å²) in [5.74, 6) is 0.686. The van der Waals surface area contributed by atoms with Gasteiger partial charge >= 0.3 is 168 Å². The zero-order valence-corrected chi connectivity index (χ0v) is 17.6. The van der Waals surface area contributed by atoms with Crippen molar-refractivity contribution in [2.45, 2.75) is 31.0 Å². The van der Waals surface area contributed by atoms with E-state index in [2.05, 4.69) is 73.7 Å². The first-order valence-electron chi connectivity index (χ1n) is 9.72. The van der Waals surface area contributed by atoms with E-state index in [1.54, 1.807) is 0 Å². The van der Waals surface area contributed by atoms with E-state index in [-0.39, 0.29) is 5.97 Å². The van der Waals surface area contributed by atoms with Gasteiger partial charge in [0.1, 0.15) is 0 Å². The fourth-order valence-corrected chi connectivity index (χ4v) is 7.92. The molecule has 0 N–H and O–H groups in total. The molecule has 4 atom stereocenters. The first-order valence-corrected chi connectivity index (χ1v) is 11.6. The van der Waals surface area contributed by atoms with Crippen LogP contribution in [0.25, 0.3) is 5.57 Å². The van der Waals surface area contributed by atoms with Crippen LogP contribution < -0.4 is 4.46 Å². The van der Waals surface area contributed by atoms with Crippen LogP contribution in [0.15, 0.2) is 66.7 Å². The summed E-state index contributed by atoms with van der Waals surface area (Å²) in [4.78, 5) is 13.4. The Morgan fingerprint density at radius 1 is 1.04 bits per heavy atom. The quantitative estimate of drug-likeness (QED) is 0.533. The van der Waals surface area contributed by atoms with E-state index in [9.17, 15) is 4.79 Å². The van der Waals surface area contributed by atoms with Gasteiger partial charge in [-0.15, -0.1) is 0 Å². The Balaban J connectivity index is 1.74. The molecule has 2 aliphatic rings. The molecule has 4 rings (SSSR count). The van der Waals surface area contributed by atoms with Crippen molar-refractivity contribution in [3.05, 3.63) is 72.3 Å². The number of fused-ring (bicyclic) bond motifs is 1. The van der Waals surface area contributed by atoms with Crippen LogP contribution in [0.3, 0.4) is 0 Å². The number of carbonyl (C=O) groups is 1. The molecule has 1 fully saturated rings. The van der Waals surface area contributed by atoms with Crippen molar-refractivity contribution in [2.75, 3.05) is 7.11 Å². The molecule has 2 aromatic carbocycles. The summed E-state index contributed by atoms with van der Waals surface area (Å²) in [5, 5.41) is 0. The second kappa shape index (κ2) is 7.66. The second-order valence-electron chi connectivity index (χ2n) is 7.77. The number of carbonyl (C=O) groups excluding carboxylic acids is 1. The number of allylic oxidation sites excluding steroid dienone is 1. The van der Waals surface area contributed by atoms with Gasteiger partial charge in [-0.25, -0.2) is 0 Å². The van der Waals surface area contributed by atoms with E-state index < -0.39 is 5.41 Å². The Hall–Kier alpha value is -1.83. The fourth-order valence-electron chi connectivity index (χ4n) is 4.92. The second-order valence-corrected chi connectivity index (χ2v) is 10.5. The molecule has 27 heavy (non-hydrogen) atoms. The summed E-state index contributed by atoms with van der Waals surface area (Å²) in [5.41, 5.74) is 2.10. The molecule has 4 unspecified atom stereocenters. The molecule has 1 saturated carbocycles. The maximum atomic E-state index is 12.8. The topological polar surface area (TPSA) is 26.3 Å². The van der Waals surface area contributed by atoms with E-state index in [0.717, 1.165) is 6.42 Å². The molecular weight excluding hydrogens is 399 g/mol. The Morgan fingerprint density at radius 3 is 2.37 bits per heavy atom. The van der Waals surface area contributed by atoms with Crippen molar-refractivity contribution < 1.29 is 9.53 Å². The van der Waals surface area contributed by atoms with E-state index in [4.69, 9.17) is 4.74 Å². The average molecular weight is 425 g/mol. The van der Waals surface area contributed by atoms with Crippen molar-refractivity contribution in [3.63, 3.8) is 0 Å². The molecule has 0 aromatic heterocycles. The minimum absolute atomic E-state index is 0.0868. The number of hydrogen-bond acceptors (Lipinski definition) is 2. The van der Waals surface area contributed by atoms with Gasteiger partial charge in [0, 0.05) is 0 Å². The molecule has 0 saturated heterocycles. The zero-order valence-electron chi connectivity index (χ0n) is 15.9. The van der Waals surface area contributed by atoms with Crippen LogP contribution in [-0.2, 0) is 9.53 Å². The third kappa shape index (κ3) is 3.39. The van der Waals surface area contributed by atoms with Crippen LogP contribution >= 0.6 is 0 Å². The van der Waals surface area contributed by atoms with Gasteiger partial charge in [-0.1, -0.05) is 0 Å². The molecule has 0 radical (unpaired) electrons. The first-order chi connectivity index (χ1) is 13.1. The van der Waals surface area contributed by atoms with Crippen LogP contribution in [0.4, 0.5) is 0 Å². The first kappa shape index (κ1) is 18.5. The van der Waals surface area contributed by atoms with Crippen LogP contribution in [-0.4, -0.2) is 28.0 Å². The number of methoxy groups -OCH3 is 1. The Labute approximate surface area is 168 Å². The molecule has 140 valence electrons. The van der Waals surface area contributed by atoms with E-state index in [1.807, 2.05) is 0 Å². The van der Waals surface area contributed by atoms with Gasteiger partial charge in [0.05, 0.1) is 0 Å². The molecule has 0 heterocycles. The van der Waals surface area contributed by atoms with Gasteiger partial charge in [-0.3, -0.25) is 0 Å². The van der Waals surface area contributed by atoms with Crippen LogP contribution in [0.5, 0.6) is 0 Å². The van der Waals surface area contributed by atoms with Crippen molar-refractivity contribution in [3.8, 4) is 0 Å². The Kier molecular flexibility index (Phi) is 5.25. The van der Waals surface area contributed by atoms with E-state index in [0.29, 0.717) is 31.6 Å². The monoisotopic (exact) mass is 426 g/mol. The molecule has 2 aliphatic carbocycles. The van der Waals surface area contributed by atoms with Crippen molar-refractivity contribution in [1.82, 2.24) is 0 Å². The molecule has 0 amide bonds. The van der Waals surface area contributed by atoms with E-state index >= 15 is 0 Å². The van der Waals surface area contributed by atoms with Crippen LogP contribution in [0, 0.1) is 17.3 Å². The number of esters is 1. The fraction of sp³-hybridized carbons (Fsp3) is 0.375. The summed E-state index contributed by atoms with van der Waals surface area (Å²) in [6.45, 7) is 2.09. The Bertz CT molecular complexity index is 830. The average Bonchev–Trinajstić information content (AvgIpc) is 3.04. The van der Waals surface area contributed by atoms with Gasteiger partial charge in [-0.2, -0.15) is 0 Å². The predicted molar refractivity (Wildman–Crippen MR) is 111 cm³/mol. The minimum atomic E-state index is -0.518. The molecule has 2 aromatic rings. The standard InChI is InChI=1S/C24H26O2Se/c1-24(23(25)26-2)16-19(17-10-5-3-6-11-17)22-20(24)14-9-15-21(22)27-18-12-7-4-8-13-18/h3-8,10-13,16,20-22H,9,14-15H2,1-2H3. The summed E-state index contributed by atoms with van der Waals surface area (Å²) in [6.07, 6.45) is 5.79. The van der Waals surface area contributed by atoms with Gasteiger partial charge in [0.25, 0.3) is 0 Å². The number of hydrogen-bond donors (Lipinski definition) is 0. The van der Waals surface area contributed by atoms with Crippen molar-refractivity contribution in [2.24, 2.45) is 17.3 Å².